The molecule has 2 nitrogen and oxygen atoms in total. The third-order valence-electron chi connectivity index (χ3n) is 1.88. The average molecular weight is 194 g/mol. The first-order valence-electron chi connectivity index (χ1n) is 3.92. The fraction of sp³-hybridized carbons (Fsp3) is 0.200. The summed E-state index contributed by atoms with van der Waals surface area (Å²) in [6.45, 7) is 1.77. The molecule has 0 bridgehead atoms. The largest absolute Gasteiger partial charge is 0.303 e. The first-order chi connectivity index (χ1) is 6.19. The van der Waals surface area contributed by atoms with Gasteiger partial charge in [0.05, 0.1) is 0 Å². The van der Waals surface area contributed by atoms with Crippen LogP contribution < -0.4 is 0 Å². The average Bonchev–Trinajstić information content (AvgIpc) is 2.17. The summed E-state index contributed by atoms with van der Waals surface area (Å²) in [5.41, 5.74) is 1.37. The van der Waals surface area contributed by atoms with Gasteiger partial charge in [0.15, 0.2) is 0 Å². The molecule has 13 heavy (non-hydrogen) atoms. The molecule has 0 aliphatic carbocycles. The number of benzene rings is 1. The van der Waals surface area contributed by atoms with Crippen molar-refractivity contribution < 1.29 is 9.59 Å². The number of thiol groups is 1. The molecular formula is C10H10O2S. The van der Waals surface area contributed by atoms with E-state index in [0.717, 1.165) is 23.0 Å². The molecule has 0 spiro atoms. The van der Waals surface area contributed by atoms with Crippen molar-refractivity contribution in [3.05, 3.63) is 29.3 Å². The van der Waals surface area contributed by atoms with Gasteiger partial charge < -0.3 is 4.79 Å². The number of hydrogen-bond acceptors (Lipinski definition) is 3. The highest BCUT2D eigenvalue weighted by Crippen LogP contribution is 2.22. The Kier molecular flexibility index (Phi) is 3.25. The zero-order valence-corrected chi connectivity index (χ0v) is 8.12. The maximum Gasteiger partial charge on any atom is 0.150 e. The number of aldehydes is 2. The van der Waals surface area contributed by atoms with Crippen LogP contribution >= 0.6 is 12.6 Å². The maximum atomic E-state index is 10.5. The van der Waals surface area contributed by atoms with Crippen molar-refractivity contribution in [1.29, 1.82) is 0 Å². The molecule has 0 amide bonds. The van der Waals surface area contributed by atoms with Gasteiger partial charge in [-0.1, -0.05) is 13.0 Å². The van der Waals surface area contributed by atoms with Crippen LogP contribution in [0.15, 0.2) is 23.1 Å². The predicted octanol–water partition coefficient (Wildman–Crippen LogP) is 2.09. The Balaban J connectivity index is 3.17. The minimum absolute atomic E-state index is 0.215. The maximum absolute atomic E-state index is 10.5. The molecule has 0 aromatic heterocycles. The molecule has 0 radical (unpaired) electrons. The Morgan fingerprint density at radius 1 is 1.38 bits per heavy atom. The topological polar surface area (TPSA) is 34.1 Å². The Bertz CT molecular complexity index is 334. The van der Waals surface area contributed by atoms with Crippen molar-refractivity contribution in [2.75, 3.05) is 0 Å². The van der Waals surface area contributed by atoms with Crippen molar-refractivity contribution in [2.45, 2.75) is 17.7 Å². The minimum atomic E-state index is -0.215. The Morgan fingerprint density at radius 2 is 2.08 bits per heavy atom. The lowest BCUT2D eigenvalue weighted by molar-refractivity contribution is -0.108. The monoisotopic (exact) mass is 194 g/mol. The summed E-state index contributed by atoms with van der Waals surface area (Å²) in [6, 6.07) is 5.09. The van der Waals surface area contributed by atoms with Crippen LogP contribution in [0.5, 0.6) is 0 Å². The lowest BCUT2D eigenvalue weighted by atomic mass is 10.0. The zero-order chi connectivity index (χ0) is 9.84. The van der Waals surface area contributed by atoms with E-state index in [0.29, 0.717) is 5.56 Å². The molecule has 0 saturated carbocycles. The van der Waals surface area contributed by atoms with Crippen LogP contribution in [0.4, 0.5) is 0 Å². The van der Waals surface area contributed by atoms with Crippen LogP contribution in [0.3, 0.4) is 0 Å². The fourth-order valence-electron chi connectivity index (χ4n) is 1.08. The second-order valence-electron chi connectivity index (χ2n) is 2.86. The van der Waals surface area contributed by atoms with Crippen LogP contribution in [0.25, 0.3) is 0 Å². The molecule has 1 aromatic rings. The van der Waals surface area contributed by atoms with E-state index in [1.165, 1.54) is 0 Å². The Hall–Kier alpha value is -1.09. The van der Waals surface area contributed by atoms with Crippen molar-refractivity contribution in [3.63, 3.8) is 0 Å². The fourth-order valence-corrected chi connectivity index (χ4v) is 1.43. The van der Waals surface area contributed by atoms with Crippen LogP contribution in [-0.2, 0) is 4.79 Å². The number of carbonyl (C=O) groups is 2. The summed E-state index contributed by atoms with van der Waals surface area (Å²) >= 11 is 4.20. The summed E-state index contributed by atoms with van der Waals surface area (Å²) in [4.78, 5) is 21.7. The van der Waals surface area contributed by atoms with Crippen LogP contribution in [0, 0.1) is 0 Å². The number of rotatable bonds is 3. The van der Waals surface area contributed by atoms with Gasteiger partial charge in [-0.05, 0) is 17.7 Å². The standard InChI is InChI=1S/C10H10O2S/c1-7(5-11)9-4-8(6-12)2-3-10(9)13/h2-7,13H,1H3. The second kappa shape index (κ2) is 4.23. The lowest BCUT2D eigenvalue weighted by Crippen LogP contribution is -1.97. The first kappa shape index (κ1) is 9.99. The summed E-state index contributed by atoms with van der Waals surface area (Å²) < 4.78 is 0. The molecule has 1 unspecified atom stereocenters. The molecule has 68 valence electrons. The molecule has 1 atom stereocenters. The lowest BCUT2D eigenvalue weighted by Gasteiger charge is -2.07. The molecule has 0 aliphatic heterocycles. The van der Waals surface area contributed by atoms with Crippen molar-refractivity contribution in [3.8, 4) is 0 Å². The van der Waals surface area contributed by atoms with Gasteiger partial charge in [-0.25, -0.2) is 0 Å². The van der Waals surface area contributed by atoms with Gasteiger partial charge in [-0.3, -0.25) is 4.79 Å². The normalized spacial score (nSPS) is 12.2. The summed E-state index contributed by atoms with van der Waals surface area (Å²) in [6.07, 6.45) is 1.60. The van der Waals surface area contributed by atoms with Gasteiger partial charge in [0.1, 0.15) is 12.6 Å². The summed E-state index contributed by atoms with van der Waals surface area (Å²) in [5, 5.41) is 0. The highest BCUT2D eigenvalue weighted by molar-refractivity contribution is 7.80. The number of carbonyl (C=O) groups excluding carboxylic acids is 2. The van der Waals surface area contributed by atoms with E-state index in [1.807, 2.05) is 0 Å². The van der Waals surface area contributed by atoms with Crippen LogP contribution in [-0.4, -0.2) is 12.6 Å². The molecular weight excluding hydrogens is 184 g/mol. The Morgan fingerprint density at radius 3 is 2.62 bits per heavy atom. The van der Waals surface area contributed by atoms with E-state index in [-0.39, 0.29) is 5.92 Å². The molecule has 1 rings (SSSR count). The second-order valence-corrected chi connectivity index (χ2v) is 3.34. The molecule has 0 heterocycles. The van der Waals surface area contributed by atoms with E-state index >= 15 is 0 Å². The van der Waals surface area contributed by atoms with Crippen LogP contribution in [0.2, 0.25) is 0 Å². The third kappa shape index (κ3) is 2.18. The summed E-state index contributed by atoms with van der Waals surface area (Å²) in [7, 11) is 0. The van der Waals surface area contributed by atoms with Crippen LogP contribution in [0.1, 0.15) is 28.8 Å². The molecule has 1 aromatic carbocycles. The van der Waals surface area contributed by atoms with E-state index in [9.17, 15) is 9.59 Å². The smallest absolute Gasteiger partial charge is 0.150 e. The molecule has 0 aliphatic rings. The molecule has 0 N–H and O–H groups in total. The van der Waals surface area contributed by atoms with Gasteiger partial charge >= 0.3 is 0 Å². The van der Waals surface area contributed by atoms with Crippen molar-refractivity contribution >= 4 is 25.2 Å². The summed E-state index contributed by atoms with van der Waals surface area (Å²) in [5.74, 6) is -0.215. The first-order valence-corrected chi connectivity index (χ1v) is 4.37. The predicted molar refractivity (Wildman–Crippen MR) is 53.6 cm³/mol. The van der Waals surface area contributed by atoms with Gasteiger partial charge in [-0.15, -0.1) is 12.6 Å². The SMILES string of the molecule is CC(C=O)c1cc(C=O)ccc1S. The zero-order valence-electron chi connectivity index (χ0n) is 7.23. The van der Waals surface area contributed by atoms with Gasteiger partial charge in [0.2, 0.25) is 0 Å². The van der Waals surface area contributed by atoms with Gasteiger partial charge in [0, 0.05) is 16.4 Å². The van der Waals surface area contributed by atoms with Crippen molar-refractivity contribution in [1.82, 2.24) is 0 Å². The molecule has 3 heteroatoms. The highest BCUT2D eigenvalue weighted by atomic mass is 32.1. The third-order valence-corrected chi connectivity index (χ3v) is 2.29. The molecule has 0 fully saturated rings. The Labute approximate surface area is 82.4 Å². The minimum Gasteiger partial charge on any atom is -0.303 e. The quantitative estimate of drug-likeness (QED) is 0.590. The van der Waals surface area contributed by atoms with Crippen molar-refractivity contribution in [2.24, 2.45) is 0 Å². The van der Waals surface area contributed by atoms with Gasteiger partial charge in [0.25, 0.3) is 0 Å². The van der Waals surface area contributed by atoms with E-state index in [1.54, 1.807) is 25.1 Å². The van der Waals surface area contributed by atoms with E-state index in [4.69, 9.17) is 0 Å². The highest BCUT2D eigenvalue weighted by Gasteiger charge is 2.08. The number of hydrogen-bond donors (Lipinski definition) is 1. The van der Waals surface area contributed by atoms with E-state index < -0.39 is 0 Å². The van der Waals surface area contributed by atoms with Gasteiger partial charge in [-0.2, -0.15) is 0 Å². The van der Waals surface area contributed by atoms with E-state index in [2.05, 4.69) is 12.6 Å². The molecule has 0 saturated heterocycles.